The molecule has 0 radical (unpaired) electrons. The number of hydrogen-bond donors (Lipinski definition) is 1. The number of nitrogens with one attached hydrogen (secondary N) is 1. The quantitative estimate of drug-likeness (QED) is 0.859. The van der Waals surface area contributed by atoms with E-state index < -0.39 is 10.0 Å². The monoisotopic (exact) mass is 349 g/mol. The maximum absolute atomic E-state index is 12.5. The first kappa shape index (κ1) is 16.5. The highest BCUT2D eigenvalue weighted by Gasteiger charge is 2.44. The van der Waals surface area contributed by atoms with Crippen LogP contribution >= 0.6 is 11.6 Å². The van der Waals surface area contributed by atoms with Gasteiger partial charge in [0.25, 0.3) is 0 Å². The Kier molecular flexibility index (Phi) is 4.50. The zero-order valence-corrected chi connectivity index (χ0v) is 14.6. The predicted molar refractivity (Wildman–Crippen MR) is 93.4 cm³/mol. The summed E-state index contributed by atoms with van der Waals surface area (Å²) in [6.07, 6.45) is 2.88. The predicted octanol–water partition coefficient (Wildman–Crippen LogP) is 3.91. The smallest absolute Gasteiger partial charge is 0.210 e. The van der Waals surface area contributed by atoms with Gasteiger partial charge in [0.05, 0.1) is 4.90 Å². The second-order valence-electron chi connectivity index (χ2n) is 6.11. The van der Waals surface area contributed by atoms with Gasteiger partial charge in [0.2, 0.25) is 10.0 Å². The van der Waals surface area contributed by atoms with Crippen molar-refractivity contribution in [1.82, 2.24) is 4.72 Å². The molecule has 0 heterocycles. The van der Waals surface area contributed by atoms with E-state index in [0.717, 1.165) is 30.4 Å². The van der Waals surface area contributed by atoms with Gasteiger partial charge in [-0.2, -0.15) is 0 Å². The SMILES string of the molecule is CCc1ccc(S(=O)(=O)NCC2(c3ccc(Cl)cc3)CC2)cc1. The first-order chi connectivity index (χ1) is 11.0. The van der Waals surface area contributed by atoms with Crippen LogP contribution in [-0.2, 0) is 21.9 Å². The minimum atomic E-state index is -3.47. The van der Waals surface area contributed by atoms with Gasteiger partial charge in [0.1, 0.15) is 0 Å². The van der Waals surface area contributed by atoms with Crippen molar-refractivity contribution < 1.29 is 8.42 Å². The fourth-order valence-electron chi connectivity index (χ4n) is 2.74. The first-order valence-electron chi connectivity index (χ1n) is 7.80. The second kappa shape index (κ2) is 6.27. The van der Waals surface area contributed by atoms with Gasteiger partial charge in [-0.1, -0.05) is 42.8 Å². The Hall–Kier alpha value is -1.36. The van der Waals surface area contributed by atoms with E-state index in [9.17, 15) is 8.42 Å². The highest BCUT2D eigenvalue weighted by molar-refractivity contribution is 7.89. The van der Waals surface area contributed by atoms with E-state index in [1.54, 1.807) is 12.1 Å². The number of aryl methyl sites for hydroxylation is 1. The molecule has 122 valence electrons. The summed E-state index contributed by atoms with van der Waals surface area (Å²) in [6.45, 7) is 2.47. The van der Waals surface area contributed by atoms with Crippen LogP contribution in [0.2, 0.25) is 5.02 Å². The Bertz CT molecular complexity index is 779. The maximum atomic E-state index is 12.5. The Labute approximate surface area is 142 Å². The molecule has 5 heteroatoms. The van der Waals surface area contributed by atoms with Crippen molar-refractivity contribution in [3.05, 3.63) is 64.7 Å². The minimum Gasteiger partial charge on any atom is -0.210 e. The van der Waals surface area contributed by atoms with Crippen molar-refractivity contribution in [1.29, 1.82) is 0 Å². The van der Waals surface area contributed by atoms with Gasteiger partial charge in [-0.15, -0.1) is 0 Å². The molecule has 3 rings (SSSR count). The lowest BCUT2D eigenvalue weighted by Gasteiger charge is -2.17. The second-order valence-corrected chi connectivity index (χ2v) is 8.31. The molecule has 0 spiro atoms. The minimum absolute atomic E-state index is 0.0823. The molecule has 0 aliphatic heterocycles. The van der Waals surface area contributed by atoms with E-state index in [1.165, 1.54) is 0 Å². The average molecular weight is 350 g/mol. The summed E-state index contributed by atoms with van der Waals surface area (Å²) in [6, 6.07) is 14.7. The van der Waals surface area contributed by atoms with Crippen LogP contribution in [0.25, 0.3) is 0 Å². The lowest BCUT2D eigenvalue weighted by molar-refractivity contribution is 0.567. The molecule has 1 aliphatic carbocycles. The summed E-state index contributed by atoms with van der Waals surface area (Å²) in [5, 5.41) is 0.696. The highest BCUT2D eigenvalue weighted by atomic mass is 35.5. The third kappa shape index (κ3) is 3.60. The molecule has 1 aliphatic rings. The molecular weight excluding hydrogens is 330 g/mol. The highest BCUT2D eigenvalue weighted by Crippen LogP contribution is 2.48. The molecule has 3 nitrogen and oxygen atoms in total. The molecule has 2 aromatic carbocycles. The van der Waals surface area contributed by atoms with Crippen molar-refractivity contribution >= 4 is 21.6 Å². The van der Waals surface area contributed by atoms with E-state index in [0.29, 0.717) is 16.5 Å². The van der Waals surface area contributed by atoms with E-state index in [-0.39, 0.29) is 5.41 Å². The molecular formula is C18H20ClNO2S. The zero-order valence-electron chi connectivity index (χ0n) is 13.0. The van der Waals surface area contributed by atoms with Crippen LogP contribution in [0.5, 0.6) is 0 Å². The third-order valence-electron chi connectivity index (χ3n) is 4.55. The number of rotatable bonds is 6. The molecule has 1 saturated carbocycles. The van der Waals surface area contributed by atoms with E-state index in [1.807, 2.05) is 43.3 Å². The largest absolute Gasteiger partial charge is 0.240 e. The van der Waals surface area contributed by atoms with Crippen LogP contribution in [0.15, 0.2) is 53.4 Å². The van der Waals surface area contributed by atoms with Gasteiger partial charge in [-0.25, -0.2) is 13.1 Å². The summed E-state index contributed by atoms with van der Waals surface area (Å²) in [7, 11) is -3.47. The van der Waals surface area contributed by atoms with Gasteiger partial charge in [0.15, 0.2) is 0 Å². The Balaban J connectivity index is 1.72. The number of sulfonamides is 1. The molecule has 0 saturated heterocycles. The Morgan fingerprint density at radius 1 is 1.04 bits per heavy atom. The summed E-state index contributed by atoms with van der Waals surface area (Å²) < 4.78 is 27.7. The Morgan fingerprint density at radius 2 is 1.65 bits per heavy atom. The van der Waals surface area contributed by atoms with Crippen molar-refractivity contribution in [2.24, 2.45) is 0 Å². The summed E-state index contributed by atoms with van der Waals surface area (Å²) >= 11 is 5.93. The van der Waals surface area contributed by atoms with E-state index >= 15 is 0 Å². The molecule has 0 bridgehead atoms. The van der Waals surface area contributed by atoms with E-state index in [2.05, 4.69) is 4.72 Å². The summed E-state index contributed by atoms with van der Waals surface area (Å²) in [5.41, 5.74) is 2.19. The number of hydrogen-bond acceptors (Lipinski definition) is 2. The molecule has 0 amide bonds. The molecule has 1 N–H and O–H groups in total. The molecule has 1 fully saturated rings. The molecule has 2 aromatic rings. The standard InChI is InChI=1S/C18H20ClNO2S/c1-2-14-3-9-17(10-4-14)23(21,22)20-13-18(11-12-18)15-5-7-16(19)8-6-15/h3-10,20H,2,11-13H2,1H3. The van der Waals surface area contributed by atoms with Crippen LogP contribution in [0.3, 0.4) is 0 Å². The average Bonchev–Trinajstić information content (AvgIpc) is 3.35. The number of halogens is 1. The zero-order chi connectivity index (χ0) is 16.5. The van der Waals surface area contributed by atoms with Gasteiger partial charge >= 0.3 is 0 Å². The lowest BCUT2D eigenvalue weighted by Crippen LogP contribution is -2.32. The van der Waals surface area contributed by atoms with Crippen molar-refractivity contribution in [3.63, 3.8) is 0 Å². The van der Waals surface area contributed by atoms with Gasteiger partial charge in [0, 0.05) is 17.0 Å². The van der Waals surface area contributed by atoms with Crippen LogP contribution in [0.4, 0.5) is 0 Å². The van der Waals surface area contributed by atoms with E-state index in [4.69, 9.17) is 11.6 Å². The first-order valence-corrected chi connectivity index (χ1v) is 9.66. The normalized spacial score (nSPS) is 16.3. The molecule has 0 unspecified atom stereocenters. The topological polar surface area (TPSA) is 46.2 Å². The fourth-order valence-corrected chi connectivity index (χ4v) is 4.00. The van der Waals surface area contributed by atoms with Crippen LogP contribution in [-0.4, -0.2) is 15.0 Å². The summed E-state index contributed by atoms with van der Waals surface area (Å²) in [5.74, 6) is 0. The van der Waals surface area contributed by atoms with Gasteiger partial charge in [-0.3, -0.25) is 0 Å². The van der Waals surface area contributed by atoms with Gasteiger partial charge in [-0.05, 0) is 54.7 Å². The fraction of sp³-hybridized carbons (Fsp3) is 0.333. The third-order valence-corrected chi connectivity index (χ3v) is 6.22. The van der Waals surface area contributed by atoms with Crippen molar-refractivity contribution in [2.45, 2.75) is 36.5 Å². The van der Waals surface area contributed by atoms with Crippen molar-refractivity contribution in [3.8, 4) is 0 Å². The van der Waals surface area contributed by atoms with Crippen LogP contribution in [0.1, 0.15) is 30.9 Å². The molecule has 0 aromatic heterocycles. The van der Waals surface area contributed by atoms with Crippen LogP contribution in [0, 0.1) is 0 Å². The lowest BCUT2D eigenvalue weighted by atomic mass is 9.96. The summed E-state index contributed by atoms with van der Waals surface area (Å²) in [4.78, 5) is 0.321. The Morgan fingerprint density at radius 3 is 2.17 bits per heavy atom. The number of benzene rings is 2. The van der Waals surface area contributed by atoms with Crippen LogP contribution < -0.4 is 4.72 Å². The molecule has 23 heavy (non-hydrogen) atoms. The maximum Gasteiger partial charge on any atom is 0.240 e. The van der Waals surface area contributed by atoms with Gasteiger partial charge < -0.3 is 0 Å². The van der Waals surface area contributed by atoms with Crippen molar-refractivity contribution in [2.75, 3.05) is 6.54 Å². The molecule has 0 atom stereocenters.